The molecule has 1 unspecified atom stereocenters. The van der Waals surface area contributed by atoms with Gasteiger partial charge in [-0.2, -0.15) is 0 Å². The number of urea groups is 1. The fourth-order valence-electron chi connectivity index (χ4n) is 4.75. The van der Waals surface area contributed by atoms with Crippen molar-refractivity contribution in [3.63, 3.8) is 0 Å². The maximum atomic E-state index is 13.6. The lowest BCUT2D eigenvalue weighted by Crippen LogP contribution is -2.43. The van der Waals surface area contributed by atoms with Gasteiger partial charge in [0.15, 0.2) is 0 Å². The Morgan fingerprint density at radius 2 is 1.94 bits per heavy atom. The van der Waals surface area contributed by atoms with Gasteiger partial charge in [-0.1, -0.05) is 48.9 Å². The molecule has 0 fully saturated rings. The maximum Gasteiger partial charge on any atom is 0.322 e. The number of hydrogen-bond acceptors (Lipinski definition) is 2. The zero-order valence-corrected chi connectivity index (χ0v) is 19.4. The summed E-state index contributed by atoms with van der Waals surface area (Å²) in [6, 6.07) is 21.4. The highest BCUT2D eigenvalue weighted by Crippen LogP contribution is 2.39. The number of H-pyrrole nitrogens is 1. The molecule has 0 saturated heterocycles. The van der Waals surface area contributed by atoms with Crippen LogP contribution in [0.2, 0.25) is 5.02 Å². The van der Waals surface area contributed by atoms with Gasteiger partial charge < -0.3 is 19.9 Å². The van der Waals surface area contributed by atoms with Crippen LogP contribution in [0, 0.1) is 0 Å². The van der Waals surface area contributed by atoms with Crippen LogP contribution in [0.5, 0.6) is 5.75 Å². The molecular formula is C27H26ClN3O2. The first-order chi connectivity index (χ1) is 16.1. The van der Waals surface area contributed by atoms with E-state index in [1.165, 1.54) is 5.56 Å². The lowest BCUT2D eigenvalue weighted by atomic mass is 9.92. The Bertz CT molecular complexity index is 1310. The SMILES string of the molecule is CCc1ccccc1NC(=O)N1CCc2c([nH]c3ccc(Cl)cc23)C1c1ccc(OC)cc1. The van der Waals surface area contributed by atoms with Crippen molar-refractivity contribution in [2.75, 3.05) is 19.0 Å². The summed E-state index contributed by atoms with van der Waals surface area (Å²) in [6.45, 7) is 2.69. The van der Waals surface area contributed by atoms with Crippen LogP contribution >= 0.6 is 11.6 Å². The maximum absolute atomic E-state index is 13.6. The fraction of sp³-hybridized carbons (Fsp3) is 0.222. The van der Waals surface area contributed by atoms with Crippen molar-refractivity contribution in [1.29, 1.82) is 0 Å². The van der Waals surface area contributed by atoms with Gasteiger partial charge in [0, 0.05) is 33.9 Å². The third-order valence-electron chi connectivity index (χ3n) is 6.42. The molecule has 1 aliphatic heterocycles. The molecule has 0 spiro atoms. The number of methoxy groups -OCH3 is 1. The number of para-hydroxylation sites is 1. The van der Waals surface area contributed by atoms with E-state index < -0.39 is 0 Å². The van der Waals surface area contributed by atoms with Gasteiger partial charge in [-0.05, 0) is 65.9 Å². The van der Waals surface area contributed by atoms with Gasteiger partial charge in [-0.25, -0.2) is 4.79 Å². The molecule has 168 valence electrons. The normalized spacial score (nSPS) is 15.4. The second kappa shape index (κ2) is 8.83. The topological polar surface area (TPSA) is 57.4 Å². The van der Waals surface area contributed by atoms with Crippen LogP contribution in [-0.4, -0.2) is 29.6 Å². The summed E-state index contributed by atoms with van der Waals surface area (Å²) < 4.78 is 5.35. The third-order valence-corrected chi connectivity index (χ3v) is 6.66. The Labute approximate surface area is 198 Å². The zero-order valence-electron chi connectivity index (χ0n) is 18.7. The standard InChI is InChI=1S/C27H26ClN3O2/c1-3-17-6-4-5-7-23(17)30-27(32)31-15-14-21-22-16-19(28)10-13-24(22)29-25(21)26(31)18-8-11-20(33-2)12-9-18/h4-13,16,26,29H,3,14-15H2,1-2H3,(H,30,32). The Morgan fingerprint density at radius 1 is 1.15 bits per heavy atom. The van der Waals surface area contributed by atoms with Crippen LogP contribution in [-0.2, 0) is 12.8 Å². The molecule has 0 radical (unpaired) electrons. The van der Waals surface area contributed by atoms with E-state index >= 15 is 0 Å². The quantitative estimate of drug-likeness (QED) is 0.362. The molecular weight excluding hydrogens is 434 g/mol. The highest BCUT2D eigenvalue weighted by atomic mass is 35.5. The molecule has 5 rings (SSSR count). The predicted molar refractivity (Wildman–Crippen MR) is 133 cm³/mol. The van der Waals surface area contributed by atoms with Gasteiger partial charge >= 0.3 is 6.03 Å². The summed E-state index contributed by atoms with van der Waals surface area (Å²) in [5.41, 5.74) is 6.27. The van der Waals surface area contributed by atoms with E-state index in [0.717, 1.165) is 52.0 Å². The van der Waals surface area contributed by atoms with E-state index in [0.29, 0.717) is 11.6 Å². The molecule has 1 aliphatic rings. The summed E-state index contributed by atoms with van der Waals surface area (Å²) in [6.07, 6.45) is 1.61. The average molecular weight is 460 g/mol. The van der Waals surface area contributed by atoms with Gasteiger partial charge in [0.2, 0.25) is 0 Å². The first-order valence-corrected chi connectivity index (χ1v) is 11.6. The molecule has 1 aromatic heterocycles. The van der Waals surface area contributed by atoms with Crippen molar-refractivity contribution in [1.82, 2.24) is 9.88 Å². The average Bonchev–Trinajstić information content (AvgIpc) is 3.21. The molecule has 3 aromatic carbocycles. The molecule has 0 bridgehead atoms. The van der Waals surface area contributed by atoms with Gasteiger partial charge in [-0.3, -0.25) is 0 Å². The van der Waals surface area contributed by atoms with Crippen molar-refractivity contribution in [3.8, 4) is 5.75 Å². The first-order valence-electron chi connectivity index (χ1n) is 11.2. The highest BCUT2D eigenvalue weighted by molar-refractivity contribution is 6.31. The summed E-state index contributed by atoms with van der Waals surface area (Å²) in [5.74, 6) is 0.783. The summed E-state index contributed by atoms with van der Waals surface area (Å²) in [7, 11) is 1.65. The summed E-state index contributed by atoms with van der Waals surface area (Å²) >= 11 is 6.30. The minimum absolute atomic E-state index is 0.112. The zero-order chi connectivity index (χ0) is 22.9. The Kier molecular flexibility index (Phi) is 5.73. The van der Waals surface area contributed by atoms with Crippen LogP contribution in [0.15, 0.2) is 66.7 Å². The van der Waals surface area contributed by atoms with Crippen molar-refractivity contribution in [2.24, 2.45) is 0 Å². The van der Waals surface area contributed by atoms with Crippen molar-refractivity contribution in [3.05, 3.63) is 94.1 Å². The first kappa shape index (κ1) is 21.4. The number of rotatable bonds is 4. The second-order valence-electron chi connectivity index (χ2n) is 8.27. The van der Waals surface area contributed by atoms with Gasteiger partial charge in [0.05, 0.1) is 13.2 Å². The number of carbonyl (C=O) groups excluding carboxylic acids is 1. The minimum atomic E-state index is -0.250. The molecule has 6 heteroatoms. The smallest absolute Gasteiger partial charge is 0.322 e. The van der Waals surface area contributed by atoms with Gasteiger partial charge in [0.1, 0.15) is 5.75 Å². The monoisotopic (exact) mass is 459 g/mol. The number of ether oxygens (including phenoxy) is 1. The van der Waals surface area contributed by atoms with Crippen LogP contribution in [0.3, 0.4) is 0 Å². The van der Waals surface area contributed by atoms with Crippen LogP contribution in [0.4, 0.5) is 10.5 Å². The summed E-state index contributed by atoms with van der Waals surface area (Å²) in [5, 5.41) is 4.98. The Balaban J connectivity index is 1.58. The van der Waals surface area contributed by atoms with E-state index in [9.17, 15) is 4.79 Å². The van der Waals surface area contributed by atoms with E-state index in [4.69, 9.17) is 16.3 Å². The van der Waals surface area contributed by atoms with Crippen LogP contribution in [0.25, 0.3) is 10.9 Å². The molecule has 2 N–H and O–H groups in total. The highest BCUT2D eigenvalue weighted by Gasteiger charge is 2.35. The largest absolute Gasteiger partial charge is 0.497 e. The van der Waals surface area contributed by atoms with E-state index in [-0.39, 0.29) is 12.1 Å². The Hall–Kier alpha value is -3.44. The number of carbonyl (C=O) groups is 1. The van der Waals surface area contributed by atoms with Crippen LogP contribution in [0.1, 0.15) is 35.3 Å². The second-order valence-corrected chi connectivity index (χ2v) is 8.70. The molecule has 2 heterocycles. The lowest BCUT2D eigenvalue weighted by molar-refractivity contribution is 0.193. The number of aromatic amines is 1. The molecule has 0 aliphatic carbocycles. The lowest BCUT2D eigenvalue weighted by Gasteiger charge is -2.36. The van der Waals surface area contributed by atoms with Crippen LogP contribution < -0.4 is 10.1 Å². The Morgan fingerprint density at radius 3 is 2.70 bits per heavy atom. The molecule has 0 saturated carbocycles. The molecule has 5 nitrogen and oxygen atoms in total. The number of halogens is 1. The molecule has 4 aromatic rings. The van der Waals surface area contributed by atoms with Crippen molar-refractivity contribution in [2.45, 2.75) is 25.8 Å². The number of benzene rings is 3. The van der Waals surface area contributed by atoms with Gasteiger partial charge in [-0.15, -0.1) is 0 Å². The number of aryl methyl sites for hydroxylation is 1. The third kappa shape index (κ3) is 3.93. The number of amides is 2. The molecule has 33 heavy (non-hydrogen) atoms. The molecule has 2 amide bonds. The number of anilines is 1. The molecule has 1 atom stereocenters. The van der Waals surface area contributed by atoms with E-state index in [2.05, 4.69) is 17.2 Å². The van der Waals surface area contributed by atoms with E-state index in [1.54, 1.807) is 7.11 Å². The van der Waals surface area contributed by atoms with E-state index in [1.807, 2.05) is 71.6 Å². The number of hydrogen-bond donors (Lipinski definition) is 2. The minimum Gasteiger partial charge on any atom is -0.497 e. The predicted octanol–water partition coefficient (Wildman–Crippen LogP) is 6.57. The number of fused-ring (bicyclic) bond motifs is 3. The van der Waals surface area contributed by atoms with Crippen molar-refractivity contribution >= 4 is 34.2 Å². The number of aromatic nitrogens is 1. The number of nitrogens with one attached hydrogen (secondary N) is 2. The van der Waals surface area contributed by atoms with Crippen molar-refractivity contribution < 1.29 is 9.53 Å². The number of nitrogens with zero attached hydrogens (tertiary/aromatic N) is 1. The fourth-order valence-corrected chi connectivity index (χ4v) is 4.92. The van der Waals surface area contributed by atoms with Gasteiger partial charge in [0.25, 0.3) is 0 Å². The summed E-state index contributed by atoms with van der Waals surface area (Å²) in [4.78, 5) is 19.1.